The van der Waals surface area contributed by atoms with E-state index in [2.05, 4.69) is 5.32 Å². The number of methoxy groups -OCH3 is 1. The molecular weight excluding hydrogens is 488 g/mol. The van der Waals surface area contributed by atoms with Crippen molar-refractivity contribution in [1.29, 1.82) is 0 Å². The number of amides is 3. The highest BCUT2D eigenvalue weighted by molar-refractivity contribution is 8.18. The molecule has 37 heavy (non-hydrogen) atoms. The Kier molecular flexibility index (Phi) is 7.98. The van der Waals surface area contributed by atoms with Crippen LogP contribution in [0, 0.1) is 20.8 Å². The quantitative estimate of drug-likeness (QED) is 0.377. The first-order chi connectivity index (χ1) is 17.7. The normalized spacial score (nSPS) is 14.3. The van der Waals surface area contributed by atoms with Crippen LogP contribution in [0.15, 0.2) is 65.6 Å². The minimum absolute atomic E-state index is 0.194. The lowest BCUT2D eigenvalue weighted by atomic mass is 10.1. The number of nitrogens with one attached hydrogen (secondary N) is 1. The van der Waals surface area contributed by atoms with Crippen molar-refractivity contribution >= 4 is 40.6 Å². The number of rotatable bonds is 8. The molecule has 0 unspecified atom stereocenters. The molecule has 7 nitrogen and oxygen atoms in total. The van der Waals surface area contributed by atoms with Crippen molar-refractivity contribution < 1.29 is 23.9 Å². The molecule has 0 radical (unpaired) electrons. The van der Waals surface area contributed by atoms with E-state index in [9.17, 15) is 14.4 Å². The van der Waals surface area contributed by atoms with Crippen molar-refractivity contribution in [3.05, 3.63) is 93.4 Å². The van der Waals surface area contributed by atoms with Crippen LogP contribution in [0.1, 0.15) is 27.8 Å². The van der Waals surface area contributed by atoms with Gasteiger partial charge in [-0.25, -0.2) is 0 Å². The number of carbonyl (C=O) groups is 3. The van der Waals surface area contributed by atoms with E-state index in [-0.39, 0.29) is 30.2 Å². The number of carbonyl (C=O) groups excluding carboxylic acids is 3. The van der Waals surface area contributed by atoms with Gasteiger partial charge in [0.05, 0.1) is 18.6 Å². The van der Waals surface area contributed by atoms with Crippen LogP contribution in [-0.4, -0.2) is 35.7 Å². The summed E-state index contributed by atoms with van der Waals surface area (Å²) in [4.78, 5) is 39.4. The maximum Gasteiger partial charge on any atom is 0.293 e. The Morgan fingerprint density at radius 1 is 0.946 bits per heavy atom. The number of imide groups is 1. The van der Waals surface area contributed by atoms with E-state index >= 15 is 0 Å². The average molecular weight is 517 g/mol. The first kappa shape index (κ1) is 26.0. The molecule has 3 amide bonds. The molecule has 1 aliphatic rings. The van der Waals surface area contributed by atoms with Gasteiger partial charge in [0.2, 0.25) is 0 Å². The number of benzene rings is 3. The molecule has 190 valence electrons. The van der Waals surface area contributed by atoms with E-state index in [1.165, 1.54) is 12.0 Å². The lowest BCUT2D eigenvalue weighted by Gasteiger charge is -2.13. The van der Waals surface area contributed by atoms with E-state index in [0.717, 1.165) is 39.7 Å². The van der Waals surface area contributed by atoms with E-state index < -0.39 is 0 Å². The zero-order valence-electron chi connectivity index (χ0n) is 21.2. The second kappa shape index (κ2) is 11.3. The summed E-state index contributed by atoms with van der Waals surface area (Å²) in [6, 6.07) is 18.6. The van der Waals surface area contributed by atoms with Crippen molar-refractivity contribution in [2.24, 2.45) is 0 Å². The molecule has 0 aliphatic carbocycles. The number of aryl methyl sites for hydroxylation is 3. The number of nitrogens with zero attached hydrogens (tertiary/aromatic N) is 1. The number of anilines is 1. The van der Waals surface area contributed by atoms with Gasteiger partial charge in [0, 0.05) is 5.69 Å². The van der Waals surface area contributed by atoms with Gasteiger partial charge in [-0.15, -0.1) is 0 Å². The van der Waals surface area contributed by atoms with Gasteiger partial charge in [-0.05, 0) is 73.5 Å². The summed E-state index contributed by atoms with van der Waals surface area (Å²) >= 11 is 0.907. The molecule has 1 N–H and O–H groups in total. The highest BCUT2D eigenvalue weighted by Crippen LogP contribution is 2.35. The fourth-order valence-electron chi connectivity index (χ4n) is 3.84. The smallest absolute Gasteiger partial charge is 0.293 e. The minimum Gasteiger partial charge on any atom is -0.493 e. The lowest BCUT2D eigenvalue weighted by Crippen LogP contribution is -2.27. The van der Waals surface area contributed by atoms with E-state index in [4.69, 9.17) is 9.47 Å². The fraction of sp³-hybridized carbons (Fsp3) is 0.207. The van der Waals surface area contributed by atoms with Gasteiger partial charge in [-0.2, -0.15) is 0 Å². The largest absolute Gasteiger partial charge is 0.493 e. The maximum absolute atomic E-state index is 12.9. The Morgan fingerprint density at radius 2 is 1.68 bits per heavy atom. The van der Waals surface area contributed by atoms with Gasteiger partial charge >= 0.3 is 0 Å². The third kappa shape index (κ3) is 6.40. The third-order valence-corrected chi connectivity index (χ3v) is 6.74. The Labute approximate surface area is 220 Å². The van der Waals surface area contributed by atoms with Gasteiger partial charge in [-0.1, -0.05) is 53.6 Å². The molecule has 0 atom stereocenters. The molecule has 1 saturated heterocycles. The molecular formula is C29H28N2O5S. The van der Waals surface area contributed by atoms with Crippen LogP contribution in [0.25, 0.3) is 6.08 Å². The van der Waals surface area contributed by atoms with Gasteiger partial charge in [0.15, 0.2) is 18.1 Å². The zero-order chi connectivity index (χ0) is 26.5. The molecule has 3 aromatic rings. The van der Waals surface area contributed by atoms with Crippen LogP contribution in [0.5, 0.6) is 11.5 Å². The van der Waals surface area contributed by atoms with Gasteiger partial charge in [-0.3, -0.25) is 19.3 Å². The summed E-state index contributed by atoms with van der Waals surface area (Å²) in [6.07, 6.45) is 1.65. The zero-order valence-corrected chi connectivity index (χ0v) is 22.0. The molecule has 0 saturated carbocycles. The molecule has 3 aromatic carbocycles. The summed E-state index contributed by atoms with van der Waals surface area (Å²) in [5, 5.41) is 2.54. The Balaban J connectivity index is 1.41. The topological polar surface area (TPSA) is 84.9 Å². The number of hydrogen-bond acceptors (Lipinski definition) is 6. The van der Waals surface area contributed by atoms with Crippen molar-refractivity contribution in [3.63, 3.8) is 0 Å². The average Bonchev–Trinajstić information content (AvgIpc) is 3.13. The van der Waals surface area contributed by atoms with Crippen LogP contribution < -0.4 is 14.8 Å². The number of ether oxygens (including phenoxy) is 2. The highest BCUT2D eigenvalue weighted by atomic mass is 32.2. The van der Waals surface area contributed by atoms with Crippen LogP contribution in [0.3, 0.4) is 0 Å². The number of hydrogen-bond donors (Lipinski definition) is 1. The van der Waals surface area contributed by atoms with Crippen molar-refractivity contribution in [3.8, 4) is 11.5 Å². The maximum atomic E-state index is 12.9. The van der Waals surface area contributed by atoms with Crippen LogP contribution in [0.4, 0.5) is 10.5 Å². The summed E-state index contributed by atoms with van der Waals surface area (Å²) in [6.45, 7) is 5.94. The molecule has 1 aliphatic heterocycles. The number of thioether (sulfide) groups is 1. The predicted molar refractivity (Wildman–Crippen MR) is 146 cm³/mol. The molecule has 0 spiro atoms. The van der Waals surface area contributed by atoms with Gasteiger partial charge in [0.25, 0.3) is 17.1 Å². The van der Waals surface area contributed by atoms with Crippen LogP contribution in [0.2, 0.25) is 0 Å². The molecule has 8 heteroatoms. The Bertz CT molecular complexity index is 1380. The summed E-state index contributed by atoms with van der Waals surface area (Å²) in [5.41, 5.74) is 5.49. The summed E-state index contributed by atoms with van der Waals surface area (Å²) in [7, 11) is 1.50. The Hall–Kier alpha value is -4.04. The summed E-state index contributed by atoms with van der Waals surface area (Å²) in [5.74, 6) is 0.174. The second-order valence-corrected chi connectivity index (χ2v) is 9.81. The van der Waals surface area contributed by atoms with Gasteiger partial charge < -0.3 is 14.8 Å². The standard InChI is InChI=1S/C29H28N2O5S/c1-18-5-8-21(9-6-18)16-31-28(33)26(37-29(31)34)15-22-10-12-24(25(14-22)35-4)36-17-27(32)30-23-11-7-19(2)13-20(23)3/h5-15H,16-17H2,1-4H3,(H,30,32)/b26-15-. The fourth-order valence-corrected chi connectivity index (χ4v) is 4.68. The van der Waals surface area contributed by atoms with Crippen LogP contribution in [-0.2, 0) is 16.1 Å². The summed E-state index contributed by atoms with van der Waals surface area (Å²) < 4.78 is 11.1. The lowest BCUT2D eigenvalue weighted by molar-refractivity contribution is -0.123. The monoisotopic (exact) mass is 516 g/mol. The molecule has 0 aromatic heterocycles. The highest BCUT2D eigenvalue weighted by Gasteiger charge is 2.35. The second-order valence-electron chi connectivity index (χ2n) is 8.82. The third-order valence-electron chi connectivity index (χ3n) is 5.84. The van der Waals surface area contributed by atoms with E-state index in [0.29, 0.717) is 22.0 Å². The first-order valence-electron chi connectivity index (χ1n) is 11.7. The van der Waals surface area contributed by atoms with Crippen molar-refractivity contribution in [2.45, 2.75) is 27.3 Å². The molecule has 0 bridgehead atoms. The molecule has 4 rings (SSSR count). The van der Waals surface area contributed by atoms with E-state index in [1.807, 2.05) is 63.2 Å². The van der Waals surface area contributed by atoms with Crippen LogP contribution >= 0.6 is 11.8 Å². The van der Waals surface area contributed by atoms with Crippen molar-refractivity contribution in [2.75, 3.05) is 19.0 Å². The van der Waals surface area contributed by atoms with Crippen molar-refractivity contribution in [1.82, 2.24) is 4.90 Å². The van der Waals surface area contributed by atoms with E-state index in [1.54, 1.807) is 24.3 Å². The minimum atomic E-state index is -0.335. The van der Waals surface area contributed by atoms with Gasteiger partial charge in [0.1, 0.15) is 0 Å². The SMILES string of the molecule is COc1cc(/C=C2\SC(=O)N(Cc3ccc(C)cc3)C2=O)ccc1OCC(=O)Nc1ccc(C)cc1C. The Morgan fingerprint density at radius 3 is 2.38 bits per heavy atom. The predicted octanol–water partition coefficient (Wildman–Crippen LogP) is 5.87. The first-order valence-corrected chi connectivity index (χ1v) is 12.5. The molecule has 1 heterocycles. The molecule has 1 fully saturated rings.